The maximum Gasteiger partial charge on any atom is 0.281 e. The molecule has 5 heterocycles. The number of hydrogen-bond acceptors (Lipinski definition) is 7. The first-order chi connectivity index (χ1) is 15.6. The van der Waals surface area contributed by atoms with Crippen molar-refractivity contribution in [3.63, 3.8) is 0 Å². The van der Waals surface area contributed by atoms with Gasteiger partial charge in [-0.05, 0) is 62.1 Å². The number of carbonyl (C=O) groups excluding carboxylic acids is 1. The molecule has 0 aliphatic carbocycles. The summed E-state index contributed by atoms with van der Waals surface area (Å²) in [4.78, 5) is 22.7. The molecular weight excluding hydrogens is 424 g/mol. The van der Waals surface area contributed by atoms with Crippen LogP contribution < -0.4 is 10.1 Å². The number of ether oxygens (including phenoxy) is 1. The molecular formula is C24H24N4O3S. The Morgan fingerprint density at radius 1 is 1.25 bits per heavy atom. The molecule has 2 fully saturated rings. The zero-order valence-corrected chi connectivity index (χ0v) is 18.6. The van der Waals surface area contributed by atoms with Crippen molar-refractivity contribution < 1.29 is 13.9 Å². The maximum atomic E-state index is 11.4. The minimum atomic E-state index is 0.0697. The number of aromatic nitrogens is 2. The number of benzene rings is 1. The fourth-order valence-corrected chi connectivity index (χ4v) is 6.02. The number of fused-ring (bicyclic) bond motifs is 4. The van der Waals surface area contributed by atoms with Crippen LogP contribution in [0.15, 0.2) is 47.0 Å². The zero-order chi connectivity index (χ0) is 21.7. The van der Waals surface area contributed by atoms with Gasteiger partial charge in [-0.1, -0.05) is 11.3 Å². The smallest absolute Gasteiger partial charge is 0.281 e. The Morgan fingerprint density at radius 3 is 2.88 bits per heavy atom. The molecule has 6 rings (SSSR count). The number of piperidine rings is 1. The van der Waals surface area contributed by atoms with E-state index in [2.05, 4.69) is 26.3 Å². The van der Waals surface area contributed by atoms with E-state index in [1.807, 2.05) is 30.3 Å². The monoisotopic (exact) mass is 448 g/mol. The fraction of sp³-hybridized carbons (Fsp3) is 0.375. The second kappa shape index (κ2) is 7.86. The Bertz CT molecular complexity index is 1250. The molecule has 3 atom stereocenters. The molecule has 4 aromatic rings. The van der Waals surface area contributed by atoms with Crippen LogP contribution in [0.25, 0.3) is 21.3 Å². The van der Waals surface area contributed by atoms with Gasteiger partial charge in [0, 0.05) is 36.6 Å². The summed E-state index contributed by atoms with van der Waals surface area (Å²) in [6.07, 6.45) is 6.15. The quantitative estimate of drug-likeness (QED) is 0.470. The van der Waals surface area contributed by atoms with Crippen molar-refractivity contribution in [2.45, 2.75) is 57.3 Å². The largest absolute Gasteiger partial charge is 0.460 e. The standard InChI is InChI=1S/C24H24N4O3S/c1-14(29)26-16-11-17-4-5-18(12-16)28(17)13-20-10-15-9-19(6-7-21(15)30-20)31-24-27-23-22(32-24)3-2-8-25-23/h2-3,6-10,16-18H,4-5,11-13H2,1H3,(H,26,29)/t16-,17+,18-. The third kappa shape index (κ3) is 3.73. The highest BCUT2D eigenvalue weighted by atomic mass is 32.1. The van der Waals surface area contributed by atoms with Crippen LogP contribution in [0.5, 0.6) is 10.9 Å². The van der Waals surface area contributed by atoms with Crippen molar-refractivity contribution in [1.29, 1.82) is 0 Å². The van der Waals surface area contributed by atoms with Gasteiger partial charge in [-0.25, -0.2) is 4.98 Å². The van der Waals surface area contributed by atoms with Gasteiger partial charge in [0.25, 0.3) is 5.19 Å². The van der Waals surface area contributed by atoms with E-state index in [9.17, 15) is 4.79 Å². The zero-order valence-electron chi connectivity index (χ0n) is 17.8. The van der Waals surface area contributed by atoms with E-state index in [0.717, 1.165) is 46.6 Å². The topological polar surface area (TPSA) is 80.5 Å². The molecule has 0 unspecified atom stereocenters. The molecule has 2 aliphatic heterocycles. The molecule has 3 aromatic heterocycles. The molecule has 2 saturated heterocycles. The number of hydrogen-bond donors (Lipinski definition) is 1. The summed E-state index contributed by atoms with van der Waals surface area (Å²) in [5, 5.41) is 4.72. The summed E-state index contributed by atoms with van der Waals surface area (Å²) in [7, 11) is 0. The molecule has 0 radical (unpaired) electrons. The Hall–Kier alpha value is -2.97. The van der Waals surface area contributed by atoms with Crippen molar-refractivity contribution in [3.05, 3.63) is 48.4 Å². The average molecular weight is 449 g/mol. The molecule has 32 heavy (non-hydrogen) atoms. The van der Waals surface area contributed by atoms with Crippen LogP contribution in [-0.2, 0) is 11.3 Å². The van der Waals surface area contributed by atoms with E-state index in [1.54, 1.807) is 13.1 Å². The average Bonchev–Trinajstić information content (AvgIpc) is 3.41. The summed E-state index contributed by atoms with van der Waals surface area (Å²) in [5.74, 6) is 1.77. The second-order valence-electron chi connectivity index (χ2n) is 8.75. The molecule has 1 aromatic carbocycles. The van der Waals surface area contributed by atoms with Crippen LogP contribution in [0.2, 0.25) is 0 Å². The maximum absolute atomic E-state index is 11.4. The molecule has 0 saturated carbocycles. The van der Waals surface area contributed by atoms with Gasteiger partial charge in [-0.3, -0.25) is 9.69 Å². The first-order valence-corrected chi connectivity index (χ1v) is 11.9. The van der Waals surface area contributed by atoms with Crippen LogP contribution in [0.4, 0.5) is 0 Å². The van der Waals surface area contributed by atoms with Crippen molar-refractivity contribution in [1.82, 2.24) is 20.2 Å². The van der Waals surface area contributed by atoms with E-state index in [1.165, 1.54) is 24.2 Å². The van der Waals surface area contributed by atoms with E-state index in [0.29, 0.717) is 29.0 Å². The van der Waals surface area contributed by atoms with E-state index >= 15 is 0 Å². The summed E-state index contributed by atoms with van der Waals surface area (Å²) >= 11 is 1.48. The van der Waals surface area contributed by atoms with Crippen LogP contribution in [0.1, 0.15) is 38.4 Å². The first kappa shape index (κ1) is 19.7. The van der Waals surface area contributed by atoms with Gasteiger partial charge < -0.3 is 14.5 Å². The summed E-state index contributed by atoms with van der Waals surface area (Å²) in [6, 6.07) is 13.2. The van der Waals surface area contributed by atoms with Gasteiger partial charge in [0.15, 0.2) is 5.65 Å². The third-order valence-corrected chi connectivity index (χ3v) is 7.41. The van der Waals surface area contributed by atoms with Gasteiger partial charge in [0.1, 0.15) is 17.1 Å². The van der Waals surface area contributed by atoms with Crippen molar-refractivity contribution in [2.75, 3.05) is 0 Å². The highest BCUT2D eigenvalue weighted by molar-refractivity contribution is 7.20. The molecule has 8 heteroatoms. The molecule has 1 amide bonds. The number of rotatable bonds is 5. The lowest BCUT2D eigenvalue weighted by molar-refractivity contribution is -0.120. The number of nitrogens with one attached hydrogen (secondary N) is 1. The van der Waals surface area contributed by atoms with E-state index < -0.39 is 0 Å². The van der Waals surface area contributed by atoms with Crippen molar-refractivity contribution in [3.8, 4) is 10.9 Å². The van der Waals surface area contributed by atoms with Gasteiger partial charge in [0.2, 0.25) is 5.91 Å². The van der Waals surface area contributed by atoms with Crippen molar-refractivity contribution in [2.24, 2.45) is 0 Å². The number of nitrogens with zero attached hydrogens (tertiary/aromatic N) is 3. The lowest BCUT2D eigenvalue weighted by atomic mass is 9.97. The van der Waals surface area contributed by atoms with Gasteiger partial charge in [0.05, 0.1) is 11.2 Å². The normalized spacial score (nSPS) is 23.1. The van der Waals surface area contributed by atoms with Crippen LogP contribution in [0.3, 0.4) is 0 Å². The van der Waals surface area contributed by atoms with Gasteiger partial charge in [-0.2, -0.15) is 4.98 Å². The Morgan fingerprint density at radius 2 is 2.09 bits per heavy atom. The van der Waals surface area contributed by atoms with Gasteiger partial charge >= 0.3 is 0 Å². The summed E-state index contributed by atoms with van der Waals surface area (Å²) < 4.78 is 13.2. The summed E-state index contributed by atoms with van der Waals surface area (Å²) in [6.45, 7) is 2.41. The minimum Gasteiger partial charge on any atom is -0.460 e. The summed E-state index contributed by atoms with van der Waals surface area (Å²) in [5.41, 5.74) is 1.56. The number of amides is 1. The van der Waals surface area contributed by atoms with Crippen LogP contribution in [-0.4, -0.2) is 38.9 Å². The lowest BCUT2D eigenvalue weighted by Gasteiger charge is -2.38. The van der Waals surface area contributed by atoms with E-state index in [4.69, 9.17) is 9.15 Å². The van der Waals surface area contributed by atoms with Gasteiger partial charge in [-0.15, -0.1) is 0 Å². The molecule has 0 spiro atoms. The fourth-order valence-electron chi connectivity index (χ4n) is 5.23. The van der Waals surface area contributed by atoms with Crippen LogP contribution >= 0.6 is 11.3 Å². The molecule has 2 aliphatic rings. The highest BCUT2D eigenvalue weighted by Gasteiger charge is 2.41. The van der Waals surface area contributed by atoms with Crippen LogP contribution in [0, 0.1) is 0 Å². The third-order valence-electron chi connectivity index (χ3n) is 6.52. The predicted molar refractivity (Wildman–Crippen MR) is 123 cm³/mol. The van der Waals surface area contributed by atoms with E-state index in [-0.39, 0.29) is 5.91 Å². The Labute approximate surface area is 189 Å². The number of carbonyl (C=O) groups is 1. The number of thiazole rings is 1. The first-order valence-electron chi connectivity index (χ1n) is 11.1. The molecule has 164 valence electrons. The number of furan rings is 1. The second-order valence-corrected chi connectivity index (χ2v) is 9.74. The van der Waals surface area contributed by atoms with Crippen molar-refractivity contribution >= 4 is 38.6 Å². The molecule has 2 bridgehead atoms. The number of pyridine rings is 1. The SMILES string of the molecule is CC(=O)N[C@H]1C[C@H]2CC[C@@H](C1)N2Cc1cc2cc(Oc3nc4ncccc4s3)ccc2o1. The Balaban J connectivity index is 1.17. The lowest BCUT2D eigenvalue weighted by Crippen LogP contribution is -2.49. The predicted octanol–water partition coefficient (Wildman–Crippen LogP) is 4.86. The molecule has 7 nitrogen and oxygen atoms in total. The molecule has 1 N–H and O–H groups in total. The Kier molecular flexibility index (Phi) is 4.84. The minimum absolute atomic E-state index is 0.0697. The highest BCUT2D eigenvalue weighted by Crippen LogP contribution is 2.38.